The van der Waals surface area contributed by atoms with Gasteiger partial charge in [-0.25, -0.2) is 0 Å². The van der Waals surface area contributed by atoms with Crippen LogP contribution in [0.5, 0.6) is 0 Å². The van der Waals surface area contributed by atoms with E-state index in [1.54, 1.807) is 0 Å². The van der Waals surface area contributed by atoms with Crippen molar-refractivity contribution in [3.63, 3.8) is 0 Å². The molecule has 0 amide bonds. The summed E-state index contributed by atoms with van der Waals surface area (Å²) < 4.78 is 0. The highest BCUT2D eigenvalue weighted by atomic mass is 15.1. The van der Waals surface area contributed by atoms with Crippen molar-refractivity contribution >= 4 is 0 Å². The molecule has 1 heterocycles. The third-order valence-electron chi connectivity index (χ3n) is 6.31. The molecule has 3 rings (SSSR count). The average Bonchev–Trinajstić information content (AvgIpc) is 2.93. The number of nitrogens with one attached hydrogen (secondary N) is 1. The van der Waals surface area contributed by atoms with E-state index in [0.717, 1.165) is 17.5 Å². The second kappa shape index (κ2) is 6.79. The molecule has 1 N–H and O–H groups in total. The Kier molecular flexibility index (Phi) is 5.04. The van der Waals surface area contributed by atoms with E-state index in [9.17, 15) is 0 Å². The first-order valence-electron chi connectivity index (χ1n) is 9.28. The molecule has 0 bridgehead atoms. The van der Waals surface area contributed by atoms with Crippen LogP contribution in [-0.2, 0) is 0 Å². The predicted octanol–water partition coefficient (Wildman–Crippen LogP) is 3.95. The smallest absolute Gasteiger partial charge is 0.00940 e. The fraction of sp³-hybridized carbons (Fsp3) is 1.00. The summed E-state index contributed by atoms with van der Waals surface area (Å²) in [5, 5.41) is 4.00. The largest absolute Gasteiger partial charge is 0.311 e. The molecule has 1 saturated heterocycles. The molecule has 2 nitrogen and oxygen atoms in total. The molecule has 0 atom stereocenters. The van der Waals surface area contributed by atoms with E-state index in [1.165, 1.54) is 90.3 Å². The topological polar surface area (TPSA) is 15.3 Å². The SMILES string of the molecule is CCCN1CCC(NC2CCC3(CCCC3)CC2)CC1. The fourth-order valence-corrected chi connectivity index (χ4v) is 4.99. The Bertz CT molecular complexity index is 278. The lowest BCUT2D eigenvalue weighted by Crippen LogP contribution is -2.47. The van der Waals surface area contributed by atoms with Gasteiger partial charge < -0.3 is 10.2 Å². The zero-order valence-electron chi connectivity index (χ0n) is 13.5. The Morgan fingerprint density at radius 1 is 0.900 bits per heavy atom. The maximum Gasteiger partial charge on any atom is 0.00940 e. The summed E-state index contributed by atoms with van der Waals surface area (Å²) in [5.41, 5.74) is 0.794. The van der Waals surface area contributed by atoms with Gasteiger partial charge >= 0.3 is 0 Å². The van der Waals surface area contributed by atoms with Crippen molar-refractivity contribution in [2.24, 2.45) is 5.41 Å². The molecule has 3 fully saturated rings. The van der Waals surface area contributed by atoms with Crippen molar-refractivity contribution < 1.29 is 0 Å². The van der Waals surface area contributed by atoms with E-state index in [4.69, 9.17) is 0 Å². The molecule has 2 aliphatic carbocycles. The lowest BCUT2D eigenvalue weighted by molar-refractivity contribution is 0.143. The molecule has 0 aromatic heterocycles. The van der Waals surface area contributed by atoms with E-state index in [0.29, 0.717) is 0 Å². The molecule has 0 radical (unpaired) electrons. The number of likely N-dealkylation sites (tertiary alicyclic amines) is 1. The third-order valence-corrected chi connectivity index (χ3v) is 6.31. The van der Waals surface area contributed by atoms with Crippen molar-refractivity contribution in [1.82, 2.24) is 10.2 Å². The van der Waals surface area contributed by atoms with Crippen LogP contribution >= 0.6 is 0 Å². The van der Waals surface area contributed by atoms with Gasteiger partial charge in [0, 0.05) is 12.1 Å². The van der Waals surface area contributed by atoms with Crippen LogP contribution in [0.3, 0.4) is 0 Å². The van der Waals surface area contributed by atoms with Crippen molar-refractivity contribution in [2.75, 3.05) is 19.6 Å². The number of hydrogen-bond acceptors (Lipinski definition) is 2. The van der Waals surface area contributed by atoms with Crippen LogP contribution in [0.15, 0.2) is 0 Å². The van der Waals surface area contributed by atoms with Gasteiger partial charge in [0.15, 0.2) is 0 Å². The van der Waals surface area contributed by atoms with Crippen LogP contribution < -0.4 is 5.32 Å². The van der Waals surface area contributed by atoms with Crippen LogP contribution in [-0.4, -0.2) is 36.6 Å². The molecular formula is C18H34N2. The van der Waals surface area contributed by atoms with Gasteiger partial charge in [-0.05, 0) is 82.8 Å². The van der Waals surface area contributed by atoms with Crippen LogP contribution in [0.4, 0.5) is 0 Å². The Hall–Kier alpha value is -0.0800. The predicted molar refractivity (Wildman–Crippen MR) is 86.0 cm³/mol. The van der Waals surface area contributed by atoms with E-state index in [1.807, 2.05) is 0 Å². The summed E-state index contributed by atoms with van der Waals surface area (Å²) in [4.78, 5) is 2.65. The zero-order chi connectivity index (χ0) is 13.8. The van der Waals surface area contributed by atoms with E-state index in [-0.39, 0.29) is 0 Å². The highest BCUT2D eigenvalue weighted by Gasteiger charge is 2.37. The molecule has 0 aromatic rings. The number of hydrogen-bond donors (Lipinski definition) is 1. The Balaban J connectivity index is 1.37. The Labute approximate surface area is 125 Å². The molecule has 2 saturated carbocycles. The highest BCUT2D eigenvalue weighted by Crippen LogP contribution is 2.48. The van der Waals surface area contributed by atoms with Crippen LogP contribution in [0.1, 0.15) is 77.6 Å². The molecule has 116 valence electrons. The summed E-state index contributed by atoms with van der Waals surface area (Å²) in [6.07, 6.45) is 16.1. The van der Waals surface area contributed by atoms with E-state index in [2.05, 4.69) is 17.1 Å². The second-order valence-electron chi connectivity index (χ2n) is 7.76. The van der Waals surface area contributed by atoms with E-state index >= 15 is 0 Å². The first-order chi connectivity index (χ1) is 9.80. The molecule has 2 heteroatoms. The van der Waals surface area contributed by atoms with Crippen LogP contribution in [0.2, 0.25) is 0 Å². The van der Waals surface area contributed by atoms with Gasteiger partial charge in [0.1, 0.15) is 0 Å². The molecule has 1 spiro atoms. The second-order valence-corrected chi connectivity index (χ2v) is 7.76. The van der Waals surface area contributed by atoms with Gasteiger partial charge in [0.2, 0.25) is 0 Å². The first-order valence-corrected chi connectivity index (χ1v) is 9.28. The van der Waals surface area contributed by atoms with Gasteiger partial charge in [-0.2, -0.15) is 0 Å². The quantitative estimate of drug-likeness (QED) is 0.837. The molecule has 0 aromatic carbocycles. The molecule has 0 unspecified atom stereocenters. The molecule has 20 heavy (non-hydrogen) atoms. The normalized spacial score (nSPS) is 29.2. The standard InChI is InChI=1S/C18H34N2/c1-2-13-20-14-7-17(8-15-20)19-16-5-11-18(12-6-16)9-3-4-10-18/h16-17,19H,2-15H2,1H3. The number of rotatable bonds is 4. The van der Waals surface area contributed by atoms with E-state index < -0.39 is 0 Å². The van der Waals surface area contributed by atoms with Gasteiger partial charge in [-0.1, -0.05) is 19.8 Å². The first kappa shape index (κ1) is 14.8. The Morgan fingerprint density at radius 3 is 2.10 bits per heavy atom. The summed E-state index contributed by atoms with van der Waals surface area (Å²) in [6.45, 7) is 6.24. The number of nitrogens with zero attached hydrogens (tertiary/aromatic N) is 1. The van der Waals surface area contributed by atoms with Gasteiger partial charge in [-0.15, -0.1) is 0 Å². The minimum atomic E-state index is 0.794. The summed E-state index contributed by atoms with van der Waals surface area (Å²) in [6, 6.07) is 1.65. The van der Waals surface area contributed by atoms with Crippen molar-refractivity contribution in [2.45, 2.75) is 89.6 Å². The Morgan fingerprint density at radius 2 is 1.50 bits per heavy atom. The monoisotopic (exact) mass is 278 g/mol. The molecular weight excluding hydrogens is 244 g/mol. The lowest BCUT2D eigenvalue weighted by atomic mass is 9.71. The lowest BCUT2D eigenvalue weighted by Gasteiger charge is -2.40. The van der Waals surface area contributed by atoms with Crippen LogP contribution in [0.25, 0.3) is 0 Å². The van der Waals surface area contributed by atoms with Crippen molar-refractivity contribution in [3.05, 3.63) is 0 Å². The molecule has 3 aliphatic rings. The maximum absolute atomic E-state index is 4.00. The fourth-order valence-electron chi connectivity index (χ4n) is 4.99. The molecule has 1 aliphatic heterocycles. The average molecular weight is 278 g/mol. The maximum atomic E-state index is 4.00. The highest BCUT2D eigenvalue weighted by molar-refractivity contribution is 4.92. The van der Waals surface area contributed by atoms with Crippen LogP contribution in [0, 0.1) is 5.41 Å². The third kappa shape index (κ3) is 3.57. The van der Waals surface area contributed by atoms with Crippen molar-refractivity contribution in [3.8, 4) is 0 Å². The minimum Gasteiger partial charge on any atom is -0.311 e. The summed E-state index contributed by atoms with van der Waals surface area (Å²) in [5.74, 6) is 0. The summed E-state index contributed by atoms with van der Waals surface area (Å²) in [7, 11) is 0. The van der Waals surface area contributed by atoms with Crippen molar-refractivity contribution in [1.29, 1.82) is 0 Å². The summed E-state index contributed by atoms with van der Waals surface area (Å²) >= 11 is 0. The van der Waals surface area contributed by atoms with Gasteiger partial charge in [0.25, 0.3) is 0 Å². The zero-order valence-corrected chi connectivity index (χ0v) is 13.5. The van der Waals surface area contributed by atoms with Gasteiger partial charge in [0.05, 0.1) is 0 Å². The van der Waals surface area contributed by atoms with Gasteiger partial charge in [-0.3, -0.25) is 0 Å². The number of piperidine rings is 1. The minimum absolute atomic E-state index is 0.794.